The van der Waals surface area contributed by atoms with Crippen molar-refractivity contribution in [3.63, 3.8) is 0 Å². The van der Waals surface area contributed by atoms with Crippen LogP contribution in [0, 0.1) is 5.82 Å². The van der Waals surface area contributed by atoms with Gasteiger partial charge in [-0.25, -0.2) is 4.39 Å². The van der Waals surface area contributed by atoms with Crippen LogP contribution in [0.1, 0.15) is 54.1 Å². The molecule has 1 saturated heterocycles. The molecule has 0 bridgehead atoms. The fourth-order valence-electron chi connectivity index (χ4n) is 4.83. The second-order valence-electron chi connectivity index (χ2n) is 9.63. The Morgan fingerprint density at radius 1 is 0.897 bits per heavy atom. The van der Waals surface area contributed by atoms with E-state index in [0.717, 1.165) is 23.2 Å². The lowest BCUT2D eigenvalue weighted by molar-refractivity contribution is -0.133. The van der Waals surface area contributed by atoms with Gasteiger partial charge in [0.15, 0.2) is 0 Å². The summed E-state index contributed by atoms with van der Waals surface area (Å²) in [5.41, 5.74) is 3.51. The molecule has 1 atom stereocenters. The molecular weight excluding hydrogens is 495 g/mol. The minimum absolute atomic E-state index is 0.123. The average molecular weight is 531 g/mol. The minimum atomic E-state index is -0.335. The molecule has 0 spiro atoms. The highest BCUT2D eigenvalue weighted by atomic mass is 19.1. The number of benzene rings is 3. The molecule has 3 amide bonds. The molecule has 3 aromatic carbocycles. The highest BCUT2D eigenvalue weighted by Gasteiger charge is 2.29. The first-order valence-corrected chi connectivity index (χ1v) is 13.4. The van der Waals surface area contributed by atoms with Gasteiger partial charge in [-0.2, -0.15) is 0 Å². The van der Waals surface area contributed by atoms with E-state index in [-0.39, 0.29) is 36.0 Å². The van der Waals surface area contributed by atoms with E-state index in [2.05, 4.69) is 15.5 Å². The molecule has 0 aliphatic carbocycles. The molecule has 3 aromatic rings. The maximum atomic E-state index is 13.3. The van der Waals surface area contributed by atoms with E-state index in [1.165, 1.54) is 12.1 Å². The molecule has 0 saturated carbocycles. The Morgan fingerprint density at radius 2 is 1.59 bits per heavy atom. The number of carbonyl (C=O) groups excluding carboxylic acids is 3. The molecule has 4 rings (SSSR count). The van der Waals surface area contributed by atoms with Crippen molar-refractivity contribution in [2.24, 2.45) is 0 Å². The normalized spacial score (nSPS) is 14.0. The van der Waals surface area contributed by atoms with Gasteiger partial charge in [0.2, 0.25) is 11.8 Å². The maximum Gasteiger partial charge on any atom is 0.253 e. The SMILES string of the molecule is CCC(=O)Nc1ccc(N2CCN(C(=O)[C@@H](CC)c3ccccc3)CC2)c(C(=O)NCc2ccc(F)cc2)c1. The molecular formula is C31H35FN4O3. The van der Waals surface area contributed by atoms with Gasteiger partial charge < -0.3 is 20.4 Å². The number of anilines is 2. The van der Waals surface area contributed by atoms with E-state index in [0.29, 0.717) is 43.9 Å². The van der Waals surface area contributed by atoms with Crippen LogP contribution in [0.2, 0.25) is 0 Å². The number of hydrogen-bond donors (Lipinski definition) is 2. The van der Waals surface area contributed by atoms with Gasteiger partial charge in [0.1, 0.15) is 5.82 Å². The number of rotatable bonds is 9. The van der Waals surface area contributed by atoms with Crippen LogP contribution < -0.4 is 15.5 Å². The highest BCUT2D eigenvalue weighted by molar-refractivity contribution is 6.02. The molecule has 1 fully saturated rings. The topological polar surface area (TPSA) is 81.8 Å². The number of nitrogens with zero attached hydrogens (tertiary/aromatic N) is 2. The maximum absolute atomic E-state index is 13.3. The third kappa shape index (κ3) is 7.02. The predicted molar refractivity (Wildman–Crippen MR) is 151 cm³/mol. The molecule has 0 aromatic heterocycles. The zero-order valence-electron chi connectivity index (χ0n) is 22.5. The number of amides is 3. The number of hydrogen-bond acceptors (Lipinski definition) is 4. The lowest BCUT2D eigenvalue weighted by atomic mass is 9.94. The lowest BCUT2D eigenvalue weighted by Crippen LogP contribution is -2.50. The fraction of sp³-hybridized carbons (Fsp3) is 0.323. The Hall–Kier alpha value is -4.20. The zero-order chi connectivity index (χ0) is 27.8. The van der Waals surface area contributed by atoms with Gasteiger partial charge >= 0.3 is 0 Å². The van der Waals surface area contributed by atoms with Crippen LogP contribution >= 0.6 is 0 Å². The van der Waals surface area contributed by atoms with Crippen molar-refractivity contribution in [3.8, 4) is 0 Å². The number of carbonyl (C=O) groups is 3. The summed E-state index contributed by atoms with van der Waals surface area (Å²) in [7, 11) is 0. The minimum Gasteiger partial charge on any atom is -0.367 e. The summed E-state index contributed by atoms with van der Waals surface area (Å²) in [4.78, 5) is 42.7. The summed E-state index contributed by atoms with van der Waals surface area (Å²) in [5.74, 6) is -0.823. The van der Waals surface area contributed by atoms with Gasteiger partial charge in [0.25, 0.3) is 5.91 Å². The fourth-order valence-corrected chi connectivity index (χ4v) is 4.83. The third-order valence-electron chi connectivity index (χ3n) is 7.05. The Bertz CT molecular complexity index is 1290. The Morgan fingerprint density at radius 3 is 2.23 bits per heavy atom. The van der Waals surface area contributed by atoms with E-state index in [1.807, 2.05) is 48.2 Å². The first-order valence-electron chi connectivity index (χ1n) is 13.4. The van der Waals surface area contributed by atoms with E-state index in [9.17, 15) is 18.8 Å². The molecule has 39 heavy (non-hydrogen) atoms. The van der Waals surface area contributed by atoms with Crippen molar-refractivity contribution in [3.05, 3.63) is 95.3 Å². The van der Waals surface area contributed by atoms with Gasteiger partial charge in [-0.3, -0.25) is 14.4 Å². The number of nitrogens with one attached hydrogen (secondary N) is 2. The van der Waals surface area contributed by atoms with Crippen LogP contribution in [0.25, 0.3) is 0 Å². The quantitative estimate of drug-likeness (QED) is 0.410. The molecule has 7 nitrogen and oxygen atoms in total. The van der Waals surface area contributed by atoms with Crippen LogP contribution in [0.15, 0.2) is 72.8 Å². The summed E-state index contributed by atoms with van der Waals surface area (Å²) in [6, 6.07) is 21.1. The molecule has 1 aliphatic heterocycles. The van der Waals surface area contributed by atoms with Crippen LogP contribution in [0.5, 0.6) is 0 Å². The Balaban J connectivity index is 1.49. The molecule has 8 heteroatoms. The number of piperazine rings is 1. The molecule has 2 N–H and O–H groups in total. The van der Waals surface area contributed by atoms with Crippen molar-refractivity contribution in [1.82, 2.24) is 10.2 Å². The largest absolute Gasteiger partial charge is 0.367 e. The van der Waals surface area contributed by atoms with Gasteiger partial charge in [-0.15, -0.1) is 0 Å². The van der Waals surface area contributed by atoms with Gasteiger partial charge in [0.05, 0.1) is 11.5 Å². The summed E-state index contributed by atoms with van der Waals surface area (Å²) in [6.07, 6.45) is 1.05. The molecule has 1 heterocycles. The summed E-state index contributed by atoms with van der Waals surface area (Å²) in [5, 5.41) is 5.73. The summed E-state index contributed by atoms with van der Waals surface area (Å²) in [6.45, 7) is 6.29. The van der Waals surface area contributed by atoms with Gasteiger partial charge in [0, 0.05) is 50.5 Å². The second kappa shape index (κ2) is 13.0. The second-order valence-corrected chi connectivity index (χ2v) is 9.63. The predicted octanol–water partition coefficient (Wildman–Crippen LogP) is 4.95. The van der Waals surface area contributed by atoms with Crippen molar-refractivity contribution in [2.75, 3.05) is 36.4 Å². The van der Waals surface area contributed by atoms with Crippen molar-refractivity contribution >= 4 is 29.1 Å². The molecule has 0 radical (unpaired) electrons. The van der Waals surface area contributed by atoms with Crippen LogP contribution in [0.3, 0.4) is 0 Å². The Labute approximate surface area is 229 Å². The smallest absolute Gasteiger partial charge is 0.253 e. The first kappa shape index (κ1) is 27.8. The van der Waals surface area contributed by atoms with E-state index in [4.69, 9.17) is 0 Å². The molecule has 204 valence electrons. The van der Waals surface area contributed by atoms with E-state index < -0.39 is 0 Å². The van der Waals surface area contributed by atoms with Gasteiger partial charge in [-0.05, 0) is 47.9 Å². The van der Waals surface area contributed by atoms with Crippen LogP contribution in [0.4, 0.5) is 15.8 Å². The summed E-state index contributed by atoms with van der Waals surface area (Å²) < 4.78 is 13.3. The van der Waals surface area contributed by atoms with E-state index >= 15 is 0 Å². The zero-order valence-corrected chi connectivity index (χ0v) is 22.5. The Kier molecular flexibility index (Phi) is 9.31. The van der Waals surface area contributed by atoms with E-state index in [1.54, 1.807) is 31.2 Å². The standard InChI is InChI=1S/C31H35FN4O3/c1-3-26(23-8-6-5-7-9-23)31(39)36-18-16-35(17-19-36)28-15-14-25(34-29(37)4-2)20-27(28)30(38)33-21-22-10-12-24(32)13-11-22/h5-15,20,26H,3-4,16-19,21H2,1-2H3,(H,33,38)(H,34,37)/t26-/m0/s1. The van der Waals surface area contributed by atoms with Crippen molar-refractivity contribution in [1.29, 1.82) is 0 Å². The van der Waals surface area contributed by atoms with Crippen LogP contribution in [-0.4, -0.2) is 48.8 Å². The highest BCUT2D eigenvalue weighted by Crippen LogP contribution is 2.28. The molecule has 0 unspecified atom stereocenters. The first-order chi connectivity index (χ1) is 18.9. The van der Waals surface area contributed by atoms with Crippen molar-refractivity contribution < 1.29 is 18.8 Å². The lowest BCUT2D eigenvalue weighted by Gasteiger charge is -2.38. The van der Waals surface area contributed by atoms with Gasteiger partial charge in [-0.1, -0.05) is 56.3 Å². The number of halogens is 1. The van der Waals surface area contributed by atoms with Crippen molar-refractivity contribution in [2.45, 2.75) is 39.2 Å². The molecule has 1 aliphatic rings. The van der Waals surface area contributed by atoms with Crippen LogP contribution in [-0.2, 0) is 16.1 Å². The monoisotopic (exact) mass is 530 g/mol. The third-order valence-corrected chi connectivity index (χ3v) is 7.05. The summed E-state index contributed by atoms with van der Waals surface area (Å²) >= 11 is 0. The average Bonchev–Trinajstić information content (AvgIpc) is 2.97.